The fourth-order valence-corrected chi connectivity index (χ4v) is 1.35. The number of carbonyl (C=O) groups is 1. The third kappa shape index (κ3) is 4.28. The SMILES string of the molecule is CC(C)C(C)NC(=O)Cc1ccc(C#N)cc1. The fourth-order valence-electron chi connectivity index (χ4n) is 1.35. The highest BCUT2D eigenvalue weighted by atomic mass is 16.1. The first-order valence-electron chi connectivity index (χ1n) is 5.81. The summed E-state index contributed by atoms with van der Waals surface area (Å²) in [4.78, 5) is 11.7. The first kappa shape index (κ1) is 13.2. The maximum atomic E-state index is 11.7. The maximum Gasteiger partial charge on any atom is 0.224 e. The van der Waals surface area contributed by atoms with Crippen LogP contribution in [0.5, 0.6) is 0 Å². The van der Waals surface area contributed by atoms with Gasteiger partial charge >= 0.3 is 0 Å². The smallest absolute Gasteiger partial charge is 0.224 e. The quantitative estimate of drug-likeness (QED) is 0.862. The van der Waals surface area contributed by atoms with Crippen molar-refractivity contribution in [2.45, 2.75) is 33.2 Å². The van der Waals surface area contributed by atoms with Gasteiger partial charge in [0.1, 0.15) is 0 Å². The van der Waals surface area contributed by atoms with Gasteiger partial charge in [-0.1, -0.05) is 26.0 Å². The van der Waals surface area contributed by atoms with E-state index in [-0.39, 0.29) is 11.9 Å². The molecule has 0 aliphatic heterocycles. The van der Waals surface area contributed by atoms with Gasteiger partial charge in [-0.15, -0.1) is 0 Å². The standard InChI is InChI=1S/C14H18N2O/c1-10(2)11(3)16-14(17)8-12-4-6-13(9-15)7-5-12/h4-7,10-11H,8H2,1-3H3,(H,16,17). The summed E-state index contributed by atoms with van der Waals surface area (Å²) in [5, 5.41) is 11.6. The van der Waals surface area contributed by atoms with Crippen molar-refractivity contribution in [3.05, 3.63) is 35.4 Å². The number of carbonyl (C=O) groups excluding carboxylic acids is 1. The largest absolute Gasteiger partial charge is 0.353 e. The highest BCUT2D eigenvalue weighted by molar-refractivity contribution is 5.78. The van der Waals surface area contributed by atoms with Crippen molar-refractivity contribution in [2.24, 2.45) is 5.92 Å². The van der Waals surface area contributed by atoms with E-state index in [4.69, 9.17) is 5.26 Å². The first-order valence-corrected chi connectivity index (χ1v) is 5.81. The molecule has 0 aromatic heterocycles. The van der Waals surface area contributed by atoms with Gasteiger partial charge in [-0.05, 0) is 30.5 Å². The molecule has 0 aliphatic carbocycles. The predicted molar refractivity (Wildman–Crippen MR) is 67.3 cm³/mol. The first-order chi connectivity index (χ1) is 8.02. The fraction of sp³-hybridized carbons (Fsp3) is 0.429. The summed E-state index contributed by atoms with van der Waals surface area (Å²) < 4.78 is 0. The van der Waals surface area contributed by atoms with Crippen LogP contribution in [0.15, 0.2) is 24.3 Å². The van der Waals surface area contributed by atoms with Gasteiger partial charge in [0.15, 0.2) is 0 Å². The van der Waals surface area contributed by atoms with Crippen LogP contribution in [0.2, 0.25) is 0 Å². The Morgan fingerprint density at radius 2 is 1.88 bits per heavy atom. The van der Waals surface area contributed by atoms with E-state index in [9.17, 15) is 4.79 Å². The summed E-state index contributed by atoms with van der Waals surface area (Å²) in [6.07, 6.45) is 0.364. The lowest BCUT2D eigenvalue weighted by Gasteiger charge is -2.17. The zero-order valence-electron chi connectivity index (χ0n) is 10.5. The average molecular weight is 230 g/mol. The van der Waals surface area contributed by atoms with E-state index >= 15 is 0 Å². The Morgan fingerprint density at radius 3 is 2.35 bits per heavy atom. The van der Waals surface area contributed by atoms with E-state index in [1.165, 1.54) is 0 Å². The molecule has 17 heavy (non-hydrogen) atoms. The summed E-state index contributed by atoms with van der Waals surface area (Å²) in [5.41, 5.74) is 1.54. The summed E-state index contributed by atoms with van der Waals surface area (Å²) >= 11 is 0. The van der Waals surface area contributed by atoms with Gasteiger partial charge in [0.05, 0.1) is 18.1 Å². The second-order valence-corrected chi connectivity index (χ2v) is 4.59. The molecule has 0 radical (unpaired) electrons. The van der Waals surface area contributed by atoms with Crippen LogP contribution in [0.25, 0.3) is 0 Å². The zero-order chi connectivity index (χ0) is 12.8. The Bertz CT molecular complexity index is 415. The van der Waals surface area contributed by atoms with Crippen LogP contribution >= 0.6 is 0 Å². The molecule has 1 rings (SSSR count). The molecule has 90 valence electrons. The maximum absolute atomic E-state index is 11.7. The minimum atomic E-state index is 0.0240. The molecule has 1 atom stereocenters. The Hall–Kier alpha value is -1.82. The number of benzene rings is 1. The lowest BCUT2D eigenvalue weighted by atomic mass is 10.1. The average Bonchev–Trinajstić information content (AvgIpc) is 2.29. The molecule has 1 unspecified atom stereocenters. The van der Waals surface area contributed by atoms with Crippen LogP contribution in [-0.4, -0.2) is 11.9 Å². The number of rotatable bonds is 4. The van der Waals surface area contributed by atoms with E-state index in [0.717, 1.165) is 5.56 Å². The molecule has 0 spiro atoms. The third-order valence-electron chi connectivity index (χ3n) is 2.84. The van der Waals surface area contributed by atoms with Gasteiger partial charge in [0, 0.05) is 6.04 Å². The van der Waals surface area contributed by atoms with Gasteiger partial charge < -0.3 is 5.32 Å². The third-order valence-corrected chi connectivity index (χ3v) is 2.84. The van der Waals surface area contributed by atoms with E-state index < -0.39 is 0 Å². The molecule has 0 saturated carbocycles. The molecule has 1 N–H and O–H groups in total. The predicted octanol–water partition coefficient (Wildman–Crippen LogP) is 2.26. The number of nitrogens with one attached hydrogen (secondary N) is 1. The van der Waals surface area contributed by atoms with E-state index in [1.807, 2.05) is 19.1 Å². The Morgan fingerprint density at radius 1 is 1.29 bits per heavy atom. The van der Waals surface area contributed by atoms with Crippen molar-refractivity contribution in [3.8, 4) is 6.07 Å². The van der Waals surface area contributed by atoms with Crippen LogP contribution in [0.4, 0.5) is 0 Å². The monoisotopic (exact) mass is 230 g/mol. The molecule has 0 bridgehead atoms. The summed E-state index contributed by atoms with van der Waals surface area (Å²) in [7, 11) is 0. The van der Waals surface area contributed by atoms with Crippen LogP contribution in [0.1, 0.15) is 31.9 Å². The Labute approximate surface area is 102 Å². The van der Waals surface area contributed by atoms with E-state index in [1.54, 1.807) is 12.1 Å². The molecule has 3 heteroatoms. The molecule has 1 amide bonds. The van der Waals surface area contributed by atoms with Crippen molar-refractivity contribution in [3.63, 3.8) is 0 Å². The molecule has 0 fully saturated rings. The molecule has 1 aromatic rings. The molecule has 3 nitrogen and oxygen atoms in total. The second-order valence-electron chi connectivity index (χ2n) is 4.59. The summed E-state index contributed by atoms with van der Waals surface area (Å²) in [6, 6.07) is 9.33. The van der Waals surface area contributed by atoms with Crippen molar-refractivity contribution >= 4 is 5.91 Å². The Balaban J connectivity index is 2.54. The van der Waals surface area contributed by atoms with Crippen molar-refractivity contribution < 1.29 is 4.79 Å². The number of hydrogen-bond donors (Lipinski definition) is 1. The number of nitrogens with zero attached hydrogens (tertiary/aromatic N) is 1. The summed E-state index contributed by atoms with van der Waals surface area (Å²) in [6.45, 7) is 6.15. The van der Waals surface area contributed by atoms with E-state index in [0.29, 0.717) is 17.9 Å². The molecular formula is C14H18N2O. The topological polar surface area (TPSA) is 52.9 Å². The van der Waals surface area contributed by atoms with Crippen LogP contribution in [0.3, 0.4) is 0 Å². The van der Waals surface area contributed by atoms with Crippen molar-refractivity contribution in [2.75, 3.05) is 0 Å². The van der Waals surface area contributed by atoms with E-state index in [2.05, 4.69) is 25.2 Å². The Kier molecular flexibility index (Phi) is 4.71. The van der Waals surface area contributed by atoms with Crippen LogP contribution in [0, 0.1) is 17.2 Å². The van der Waals surface area contributed by atoms with Crippen molar-refractivity contribution in [1.29, 1.82) is 5.26 Å². The minimum Gasteiger partial charge on any atom is -0.353 e. The van der Waals surface area contributed by atoms with Crippen LogP contribution in [-0.2, 0) is 11.2 Å². The number of nitriles is 1. The number of amides is 1. The minimum absolute atomic E-state index is 0.0240. The van der Waals surface area contributed by atoms with Gasteiger partial charge in [0.2, 0.25) is 5.91 Å². The van der Waals surface area contributed by atoms with Gasteiger partial charge in [0.25, 0.3) is 0 Å². The molecule has 1 aromatic carbocycles. The van der Waals surface area contributed by atoms with Gasteiger partial charge in [-0.2, -0.15) is 5.26 Å². The molecule has 0 heterocycles. The normalized spacial score (nSPS) is 11.9. The highest BCUT2D eigenvalue weighted by Crippen LogP contribution is 2.05. The van der Waals surface area contributed by atoms with Crippen molar-refractivity contribution in [1.82, 2.24) is 5.32 Å². The highest BCUT2D eigenvalue weighted by Gasteiger charge is 2.10. The summed E-state index contributed by atoms with van der Waals surface area (Å²) in [5.74, 6) is 0.454. The lowest BCUT2D eigenvalue weighted by molar-refractivity contribution is -0.121. The zero-order valence-corrected chi connectivity index (χ0v) is 10.5. The lowest BCUT2D eigenvalue weighted by Crippen LogP contribution is -2.37. The van der Waals surface area contributed by atoms with Crippen LogP contribution < -0.4 is 5.32 Å². The van der Waals surface area contributed by atoms with Gasteiger partial charge in [-0.3, -0.25) is 4.79 Å². The molecular weight excluding hydrogens is 212 g/mol. The number of hydrogen-bond acceptors (Lipinski definition) is 2. The molecule has 0 aliphatic rings. The van der Waals surface area contributed by atoms with Gasteiger partial charge in [-0.25, -0.2) is 0 Å². The molecule has 0 saturated heterocycles. The second kappa shape index (κ2) is 6.05.